The van der Waals surface area contributed by atoms with E-state index in [1.54, 1.807) is 20.0 Å². The molecule has 16 heavy (non-hydrogen) atoms. The first-order chi connectivity index (χ1) is 7.55. The van der Waals surface area contributed by atoms with E-state index in [0.29, 0.717) is 11.5 Å². The van der Waals surface area contributed by atoms with Gasteiger partial charge in [-0.05, 0) is 45.7 Å². The minimum atomic E-state index is -1.29. The molecule has 1 N–H and O–H groups in total. The molecular formula is C12H20FN3. The van der Waals surface area contributed by atoms with Crippen LogP contribution in [0.15, 0.2) is 12.4 Å². The van der Waals surface area contributed by atoms with Crippen molar-refractivity contribution in [2.45, 2.75) is 38.9 Å². The molecule has 90 valence electrons. The summed E-state index contributed by atoms with van der Waals surface area (Å²) in [5.74, 6) is 0.678. The van der Waals surface area contributed by atoms with Crippen LogP contribution in [0.1, 0.15) is 32.3 Å². The van der Waals surface area contributed by atoms with Crippen molar-refractivity contribution in [3.63, 3.8) is 0 Å². The molecule has 0 unspecified atom stereocenters. The Bertz CT molecular complexity index is 334. The molecule has 1 fully saturated rings. The molecule has 1 aromatic heterocycles. The Morgan fingerprint density at radius 1 is 1.50 bits per heavy atom. The van der Waals surface area contributed by atoms with Crippen molar-refractivity contribution in [1.82, 2.24) is 15.1 Å². The lowest BCUT2D eigenvalue weighted by molar-refractivity contribution is 0.221. The zero-order chi connectivity index (χ0) is 11.6. The van der Waals surface area contributed by atoms with Gasteiger partial charge < -0.3 is 5.32 Å². The Hall–Kier alpha value is -0.900. The zero-order valence-corrected chi connectivity index (χ0v) is 10.0. The lowest BCUT2D eigenvalue weighted by Gasteiger charge is -2.22. The first-order valence-electron chi connectivity index (χ1n) is 5.98. The smallest absolute Gasteiger partial charge is 0.133 e. The minimum absolute atomic E-state index is 0.668. The molecule has 1 aliphatic heterocycles. The van der Waals surface area contributed by atoms with Gasteiger partial charge in [-0.3, -0.25) is 4.68 Å². The standard InChI is InChI=1S/C12H20FN3/c1-12(2,13)11-7-15-16(9-11)8-10-3-5-14-6-4-10/h7,9-10,14H,3-6,8H2,1-2H3. The maximum Gasteiger partial charge on any atom is 0.133 e. The van der Waals surface area contributed by atoms with Crippen LogP contribution in [0.25, 0.3) is 0 Å². The fourth-order valence-electron chi connectivity index (χ4n) is 2.10. The van der Waals surface area contributed by atoms with Gasteiger partial charge in [0, 0.05) is 18.3 Å². The van der Waals surface area contributed by atoms with E-state index in [0.717, 1.165) is 19.6 Å². The largest absolute Gasteiger partial charge is 0.317 e. The van der Waals surface area contributed by atoms with Crippen LogP contribution in [0.5, 0.6) is 0 Å². The maximum atomic E-state index is 13.6. The molecule has 0 atom stereocenters. The molecule has 2 heterocycles. The molecule has 3 nitrogen and oxygen atoms in total. The Morgan fingerprint density at radius 3 is 2.75 bits per heavy atom. The van der Waals surface area contributed by atoms with Gasteiger partial charge >= 0.3 is 0 Å². The third-order valence-corrected chi connectivity index (χ3v) is 3.22. The Labute approximate surface area is 96.0 Å². The predicted molar refractivity (Wildman–Crippen MR) is 62.0 cm³/mol. The normalized spacial score (nSPS) is 18.9. The van der Waals surface area contributed by atoms with Crippen molar-refractivity contribution in [1.29, 1.82) is 0 Å². The maximum absolute atomic E-state index is 13.6. The van der Waals surface area contributed by atoms with Gasteiger partial charge in [0.05, 0.1) is 6.20 Å². The number of nitrogens with zero attached hydrogens (tertiary/aromatic N) is 2. The van der Waals surface area contributed by atoms with Crippen LogP contribution in [0.3, 0.4) is 0 Å². The summed E-state index contributed by atoms with van der Waals surface area (Å²) >= 11 is 0. The topological polar surface area (TPSA) is 29.9 Å². The Kier molecular flexibility index (Phi) is 3.28. The second kappa shape index (κ2) is 4.53. The van der Waals surface area contributed by atoms with E-state index in [2.05, 4.69) is 10.4 Å². The zero-order valence-electron chi connectivity index (χ0n) is 10.0. The number of rotatable bonds is 3. The number of aromatic nitrogens is 2. The number of hydrogen-bond acceptors (Lipinski definition) is 2. The molecule has 0 aliphatic carbocycles. The quantitative estimate of drug-likeness (QED) is 0.853. The summed E-state index contributed by atoms with van der Waals surface area (Å²) in [6.07, 6.45) is 5.85. The van der Waals surface area contributed by atoms with Gasteiger partial charge in [0.2, 0.25) is 0 Å². The van der Waals surface area contributed by atoms with Gasteiger partial charge in [-0.2, -0.15) is 5.10 Å². The second-order valence-electron chi connectivity index (χ2n) is 5.12. The summed E-state index contributed by atoms with van der Waals surface area (Å²) in [6, 6.07) is 0. The van der Waals surface area contributed by atoms with Crippen molar-refractivity contribution in [3.8, 4) is 0 Å². The molecule has 0 bridgehead atoms. The highest BCUT2D eigenvalue weighted by molar-refractivity contribution is 5.12. The average molecular weight is 225 g/mol. The number of alkyl halides is 1. The van der Waals surface area contributed by atoms with Gasteiger partial charge in [-0.25, -0.2) is 4.39 Å². The highest BCUT2D eigenvalue weighted by atomic mass is 19.1. The van der Waals surface area contributed by atoms with E-state index in [-0.39, 0.29) is 0 Å². The van der Waals surface area contributed by atoms with Crippen LogP contribution in [-0.4, -0.2) is 22.9 Å². The van der Waals surface area contributed by atoms with Crippen LogP contribution in [0, 0.1) is 5.92 Å². The molecule has 1 aliphatic rings. The van der Waals surface area contributed by atoms with E-state index in [1.165, 1.54) is 12.8 Å². The van der Waals surface area contributed by atoms with Crippen LogP contribution < -0.4 is 5.32 Å². The summed E-state index contributed by atoms with van der Waals surface area (Å²) in [5.41, 5.74) is -0.617. The Balaban J connectivity index is 1.97. The molecule has 0 aromatic carbocycles. The van der Waals surface area contributed by atoms with E-state index < -0.39 is 5.67 Å². The monoisotopic (exact) mass is 225 g/mol. The minimum Gasteiger partial charge on any atom is -0.317 e. The van der Waals surface area contributed by atoms with E-state index in [1.807, 2.05) is 10.9 Å². The highest BCUT2D eigenvalue weighted by Crippen LogP contribution is 2.24. The van der Waals surface area contributed by atoms with Crippen molar-refractivity contribution in [2.75, 3.05) is 13.1 Å². The summed E-state index contributed by atoms with van der Waals surface area (Å²) in [7, 11) is 0. The Morgan fingerprint density at radius 2 is 2.19 bits per heavy atom. The lowest BCUT2D eigenvalue weighted by atomic mass is 9.98. The predicted octanol–water partition coefficient (Wildman–Crippen LogP) is 2.09. The molecule has 0 radical (unpaired) electrons. The summed E-state index contributed by atoms with van der Waals surface area (Å²) < 4.78 is 15.5. The van der Waals surface area contributed by atoms with Crippen molar-refractivity contribution in [2.24, 2.45) is 5.92 Å². The van der Waals surface area contributed by atoms with Gasteiger partial charge in [0.1, 0.15) is 5.67 Å². The van der Waals surface area contributed by atoms with Gasteiger partial charge in [-0.1, -0.05) is 0 Å². The molecule has 4 heteroatoms. The molecule has 0 spiro atoms. The molecule has 0 saturated carbocycles. The third-order valence-electron chi connectivity index (χ3n) is 3.22. The molecular weight excluding hydrogens is 205 g/mol. The van der Waals surface area contributed by atoms with E-state index in [4.69, 9.17) is 0 Å². The summed E-state index contributed by atoms with van der Waals surface area (Å²) in [4.78, 5) is 0. The summed E-state index contributed by atoms with van der Waals surface area (Å²) in [5, 5.41) is 7.57. The third kappa shape index (κ3) is 2.82. The first kappa shape index (κ1) is 11.6. The number of piperidine rings is 1. The average Bonchev–Trinajstić information content (AvgIpc) is 2.67. The SMILES string of the molecule is CC(C)(F)c1cnn(CC2CCNCC2)c1. The fraction of sp³-hybridized carbons (Fsp3) is 0.750. The highest BCUT2D eigenvalue weighted by Gasteiger charge is 2.21. The van der Waals surface area contributed by atoms with Crippen molar-refractivity contribution >= 4 is 0 Å². The molecule has 0 amide bonds. The van der Waals surface area contributed by atoms with Gasteiger partial charge in [-0.15, -0.1) is 0 Å². The van der Waals surface area contributed by atoms with Crippen LogP contribution >= 0.6 is 0 Å². The fourth-order valence-corrected chi connectivity index (χ4v) is 2.10. The van der Waals surface area contributed by atoms with Crippen LogP contribution in [0.4, 0.5) is 4.39 Å². The summed E-state index contributed by atoms with van der Waals surface area (Å²) in [6.45, 7) is 6.23. The lowest BCUT2D eigenvalue weighted by Crippen LogP contribution is -2.30. The molecule has 1 aromatic rings. The van der Waals surface area contributed by atoms with Crippen LogP contribution in [0.2, 0.25) is 0 Å². The van der Waals surface area contributed by atoms with Crippen molar-refractivity contribution in [3.05, 3.63) is 18.0 Å². The van der Waals surface area contributed by atoms with Gasteiger partial charge in [0.15, 0.2) is 0 Å². The number of nitrogens with one attached hydrogen (secondary N) is 1. The number of halogens is 1. The van der Waals surface area contributed by atoms with Crippen molar-refractivity contribution < 1.29 is 4.39 Å². The molecule has 2 rings (SSSR count). The van der Waals surface area contributed by atoms with E-state index >= 15 is 0 Å². The second-order valence-corrected chi connectivity index (χ2v) is 5.12. The first-order valence-corrected chi connectivity index (χ1v) is 5.98. The number of hydrogen-bond donors (Lipinski definition) is 1. The molecule has 1 saturated heterocycles. The van der Waals surface area contributed by atoms with E-state index in [9.17, 15) is 4.39 Å². The van der Waals surface area contributed by atoms with Gasteiger partial charge in [0.25, 0.3) is 0 Å². The van der Waals surface area contributed by atoms with Crippen LogP contribution in [-0.2, 0) is 12.2 Å².